The van der Waals surface area contributed by atoms with E-state index in [-0.39, 0.29) is 11.5 Å². The van der Waals surface area contributed by atoms with Gasteiger partial charge in [0, 0.05) is 29.2 Å². The SMILES string of the molecule is O=C(Nc1ccc2nc(-c3cccnc3)[nH]c2c1)c1cccc(F)c1. The number of anilines is 1. The van der Waals surface area contributed by atoms with Crippen LogP contribution in [0.5, 0.6) is 0 Å². The third-order valence-corrected chi connectivity index (χ3v) is 3.76. The van der Waals surface area contributed by atoms with Gasteiger partial charge in [0.15, 0.2) is 0 Å². The molecule has 6 heteroatoms. The highest BCUT2D eigenvalue weighted by Crippen LogP contribution is 2.22. The van der Waals surface area contributed by atoms with Gasteiger partial charge in [0.1, 0.15) is 11.6 Å². The first-order valence-electron chi connectivity index (χ1n) is 7.66. The first-order valence-corrected chi connectivity index (χ1v) is 7.66. The Labute approximate surface area is 142 Å². The molecule has 0 aliphatic carbocycles. The number of benzene rings is 2. The molecule has 0 spiro atoms. The summed E-state index contributed by atoms with van der Waals surface area (Å²) >= 11 is 0. The van der Waals surface area contributed by atoms with Crippen LogP contribution in [0.25, 0.3) is 22.4 Å². The molecule has 4 rings (SSSR count). The number of nitrogens with one attached hydrogen (secondary N) is 2. The lowest BCUT2D eigenvalue weighted by Crippen LogP contribution is -2.11. The van der Waals surface area contributed by atoms with Crippen molar-refractivity contribution in [3.63, 3.8) is 0 Å². The Morgan fingerprint density at radius 2 is 2.00 bits per heavy atom. The predicted molar refractivity (Wildman–Crippen MR) is 93.7 cm³/mol. The number of amides is 1. The molecule has 122 valence electrons. The second-order valence-corrected chi connectivity index (χ2v) is 5.52. The molecular weight excluding hydrogens is 319 g/mol. The van der Waals surface area contributed by atoms with Crippen molar-refractivity contribution in [1.82, 2.24) is 15.0 Å². The van der Waals surface area contributed by atoms with Crippen LogP contribution >= 0.6 is 0 Å². The average Bonchev–Trinajstić information content (AvgIpc) is 3.06. The summed E-state index contributed by atoms with van der Waals surface area (Å²) in [7, 11) is 0. The zero-order valence-electron chi connectivity index (χ0n) is 13.0. The minimum atomic E-state index is -0.446. The molecule has 25 heavy (non-hydrogen) atoms. The summed E-state index contributed by atoms with van der Waals surface area (Å²) in [5.41, 5.74) is 3.31. The zero-order valence-corrected chi connectivity index (χ0v) is 13.0. The Morgan fingerprint density at radius 1 is 1.08 bits per heavy atom. The van der Waals surface area contributed by atoms with Crippen LogP contribution in [0.3, 0.4) is 0 Å². The molecule has 1 amide bonds. The van der Waals surface area contributed by atoms with Crippen molar-refractivity contribution in [2.24, 2.45) is 0 Å². The maximum Gasteiger partial charge on any atom is 0.255 e. The number of imidazole rings is 1. The van der Waals surface area contributed by atoms with Crippen molar-refractivity contribution in [3.8, 4) is 11.4 Å². The Bertz CT molecular complexity index is 1060. The predicted octanol–water partition coefficient (Wildman–Crippen LogP) is 4.02. The van der Waals surface area contributed by atoms with Crippen LogP contribution in [0, 0.1) is 5.82 Å². The van der Waals surface area contributed by atoms with Crippen LogP contribution in [0.1, 0.15) is 10.4 Å². The van der Waals surface area contributed by atoms with Gasteiger partial charge in [-0.25, -0.2) is 9.37 Å². The minimum absolute atomic E-state index is 0.265. The number of fused-ring (bicyclic) bond motifs is 1. The van der Waals surface area contributed by atoms with E-state index in [1.54, 1.807) is 30.6 Å². The van der Waals surface area contributed by atoms with Crippen molar-refractivity contribution in [2.45, 2.75) is 0 Å². The van der Waals surface area contributed by atoms with Gasteiger partial charge in [-0.05, 0) is 48.5 Å². The lowest BCUT2D eigenvalue weighted by molar-refractivity contribution is 0.102. The highest BCUT2D eigenvalue weighted by molar-refractivity contribution is 6.05. The minimum Gasteiger partial charge on any atom is -0.338 e. The summed E-state index contributed by atoms with van der Waals surface area (Å²) in [5.74, 6) is -0.111. The zero-order chi connectivity index (χ0) is 17.2. The number of rotatable bonds is 3. The third kappa shape index (κ3) is 3.10. The van der Waals surface area contributed by atoms with Crippen LogP contribution in [0.4, 0.5) is 10.1 Å². The van der Waals surface area contributed by atoms with Crippen molar-refractivity contribution >= 4 is 22.6 Å². The van der Waals surface area contributed by atoms with Crippen molar-refractivity contribution in [1.29, 1.82) is 0 Å². The topological polar surface area (TPSA) is 70.7 Å². The fourth-order valence-electron chi connectivity index (χ4n) is 2.56. The van der Waals surface area contributed by atoms with Gasteiger partial charge in [-0.1, -0.05) is 6.07 Å². The van der Waals surface area contributed by atoms with E-state index in [9.17, 15) is 9.18 Å². The van der Waals surface area contributed by atoms with Gasteiger partial charge in [-0.2, -0.15) is 0 Å². The molecule has 0 aliphatic rings. The van der Waals surface area contributed by atoms with Gasteiger partial charge in [-0.3, -0.25) is 9.78 Å². The van der Waals surface area contributed by atoms with Crippen molar-refractivity contribution < 1.29 is 9.18 Å². The van der Waals surface area contributed by atoms with Gasteiger partial charge in [0.2, 0.25) is 0 Å². The lowest BCUT2D eigenvalue weighted by atomic mass is 10.2. The van der Waals surface area contributed by atoms with E-state index in [1.807, 2.05) is 18.2 Å². The van der Waals surface area contributed by atoms with Crippen molar-refractivity contribution in [3.05, 3.63) is 78.4 Å². The molecule has 0 fully saturated rings. The quantitative estimate of drug-likeness (QED) is 0.595. The molecule has 0 saturated carbocycles. The monoisotopic (exact) mass is 332 g/mol. The average molecular weight is 332 g/mol. The third-order valence-electron chi connectivity index (χ3n) is 3.76. The van der Waals surface area contributed by atoms with E-state index >= 15 is 0 Å². The van der Waals surface area contributed by atoms with Gasteiger partial charge < -0.3 is 10.3 Å². The van der Waals surface area contributed by atoms with E-state index in [2.05, 4.69) is 20.3 Å². The van der Waals surface area contributed by atoms with Gasteiger partial charge >= 0.3 is 0 Å². The Kier molecular flexibility index (Phi) is 3.70. The van der Waals surface area contributed by atoms with Gasteiger partial charge in [0.05, 0.1) is 11.0 Å². The molecule has 2 aromatic heterocycles. The Hall–Kier alpha value is -3.54. The van der Waals surface area contributed by atoms with Crippen LogP contribution < -0.4 is 5.32 Å². The maximum absolute atomic E-state index is 13.2. The molecule has 5 nitrogen and oxygen atoms in total. The highest BCUT2D eigenvalue weighted by atomic mass is 19.1. The Balaban J connectivity index is 1.62. The largest absolute Gasteiger partial charge is 0.338 e. The number of nitrogens with zero attached hydrogens (tertiary/aromatic N) is 2. The number of H-pyrrole nitrogens is 1. The fraction of sp³-hybridized carbons (Fsp3) is 0. The summed E-state index contributed by atoms with van der Waals surface area (Å²) < 4.78 is 13.2. The first-order chi connectivity index (χ1) is 12.2. The van der Waals surface area contributed by atoms with E-state index in [4.69, 9.17) is 0 Å². The number of hydrogen-bond acceptors (Lipinski definition) is 3. The summed E-state index contributed by atoms with van der Waals surface area (Å²) in [4.78, 5) is 24.0. The molecular formula is C19H13FN4O. The summed E-state index contributed by atoms with van der Waals surface area (Å²) in [6, 6.07) is 14.7. The molecule has 0 unspecified atom stereocenters. The number of aromatic amines is 1. The molecule has 2 aromatic carbocycles. The maximum atomic E-state index is 13.2. The standard InChI is InChI=1S/C19H13FN4O/c20-14-5-1-3-12(9-14)19(25)22-15-6-7-16-17(10-15)24-18(23-16)13-4-2-8-21-11-13/h1-11H,(H,22,25)(H,23,24). The van der Waals surface area contributed by atoms with Gasteiger partial charge in [-0.15, -0.1) is 0 Å². The van der Waals surface area contributed by atoms with E-state index < -0.39 is 5.82 Å². The van der Waals surface area contributed by atoms with E-state index in [0.717, 1.165) is 16.6 Å². The van der Waals surface area contributed by atoms with E-state index in [1.165, 1.54) is 18.2 Å². The normalized spacial score (nSPS) is 10.8. The van der Waals surface area contributed by atoms with Crippen LogP contribution in [0.15, 0.2) is 67.0 Å². The second-order valence-electron chi connectivity index (χ2n) is 5.52. The second kappa shape index (κ2) is 6.16. The van der Waals surface area contributed by atoms with Crippen LogP contribution in [0.2, 0.25) is 0 Å². The molecule has 0 atom stereocenters. The van der Waals surface area contributed by atoms with Crippen molar-refractivity contribution in [2.75, 3.05) is 5.32 Å². The number of halogens is 1. The molecule has 4 aromatic rings. The Morgan fingerprint density at radius 3 is 2.80 bits per heavy atom. The number of pyridine rings is 1. The van der Waals surface area contributed by atoms with E-state index in [0.29, 0.717) is 11.5 Å². The lowest BCUT2D eigenvalue weighted by Gasteiger charge is -2.05. The molecule has 2 heterocycles. The summed E-state index contributed by atoms with van der Waals surface area (Å²) in [6.45, 7) is 0. The smallest absolute Gasteiger partial charge is 0.255 e. The fourth-order valence-corrected chi connectivity index (χ4v) is 2.56. The summed E-state index contributed by atoms with van der Waals surface area (Å²) in [6.07, 6.45) is 3.43. The molecule has 0 aliphatic heterocycles. The number of carbonyl (C=O) groups is 1. The molecule has 0 radical (unpaired) electrons. The molecule has 0 bridgehead atoms. The van der Waals surface area contributed by atoms with Crippen LogP contribution in [-0.4, -0.2) is 20.9 Å². The first kappa shape index (κ1) is 15.0. The number of carbonyl (C=O) groups excluding carboxylic acids is 1. The number of aromatic nitrogens is 3. The molecule has 0 saturated heterocycles. The molecule has 2 N–H and O–H groups in total. The van der Waals surface area contributed by atoms with Gasteiger partial charge in [0.25, 0.3) is 5.91 Å². The van der Waals surface area contributed by atoms with Crippen LogP contribution in [-0.2, 0) is 0 Å². The summed E-state index contributed by atoms with van der Waals surface area (Å²) in [5, 5.41) is 2.76. The highest BCUT2D eigenvalue weighted by Gasteiger charge is 2.09. The number of hydrogen-bond donors (Lipinski definition) is 2.